The fourth-order valence-electron chi connectivity index (χ4n) is 0.451. The van der Waals surface area contributed by atoms with Crippen LogP contribution >= 0.6 is 0 Å². The molecule has 0 aliphatic carbocycles. The third-order valence-corrected chi connectivity index (χ3v) is 1.33. The lowest BCUT2D eigenvalue weighted by atomic mass is 9.87. The van der Waals surface area contributed by atoms with Crippen molar-refractivity contribution in [1.82, 2.24) is 0 Å². The van der Waals surface area contributed by atoms with E-state index in [1.807, 2.05) is 13.0 Å². The lowest BCUT2D eigenvalue weighted by Gasteiger charge is -2.18. The Morgan fingerprint density at radius 3 is 1.89 bits per heavy atom. The van der Waals surface area contributed by atoms with Crippen LogP contribution in [-0.4, -0.2) is 0 Å². The third-order valence-electron chi connectivity index (χ3n) is 1.33. The summed E-state index contributed by atoms with van der Waals surface area (Å²) in [6.45, 7) is 12.4. The Hall–Kier alpha value is -0.520. The fraction of sp³-hybridized carbons (Fsp3) is 0.556. The molecule has 0 unspecified atom stereocenters. The second-order valence-electron chi connectivity index (χ2n) is 3.28. The monoisotopic (exact) mass is 124 g/mol. The zero-order chi connectivity index (χ0) is 7.49. The first kappa shape index (κ1) is 8.48. The topological polar surface area (TPSA) is 0 Å². The maximum atomic E-state index is 3.93. The summed E-state index contributed by atoms with van der Waals surface area (Å²) in [6, 6.07) is 0. The van der Waals surface area contributed by atoms with E-state index < -0.39 is 0 Å². The highest BCUT2D eigenvalue weighted by molar-refractivity contribution is 5.19. The van der Waals surface area contributed by atoms with Crippen molar-refractivity contribution in [2.24, 2.45) is 5.41 Å². The van der Waals surface area contributed by atoms with Gasteiger partial charge < -0.3 is 0 Å². The summed E-state index contributed by atoms with van der Waals surface area (Å²) in [4.78, 5) is 0. The van der Waals surface area contributed by atoms with Crippen molar-refractivity contribution < 1.29 is 0 Å². The zero-order valence-electron chi connectivity index (χ0n) is 6.86. The highest BCUT2D eigenvalue weighted by Crippen LogP contribution is 2.23. The lowest BCUT2D eigenvalue weighted by molar-refractivity contribution is 0.519. The van der Waals surface area contributed by atoms with Crippen molar-refractivity contribution in [2.45, 2.75) is 27.7 Å². The van der Waals surface area contributed by atoms with Gasteiger partial charge in [-0.1, -0.05) is 45.1 Å². The van der Waals surface area contributed by atoms with E-state index in [9.17, 15) is 0 Å². The SMILES string of the molecule is C=C(C=CC)C(C)(C)C. The van der Waals surface area contributed by atoms with Gasteiger partial charge in [0.2, 0.25) is 0 Å². The molecule has 0 fully saturated rings. The molecule has 0 radical (unpaired) electrons. The van der Waals surface area contributed by atoms with Crippen molar-refractivity contribution in [2.75, 3.05) is 0 Å². The summed E-state index contributed by atoms with van der Waals surface area (Å²) in [5.74, 6) is 0. The lowest BCUT2D eigenvalue weighted by Crippen LogP contribution is -2.05. The Kier molecular flexibility index (Phi) is 2.69. The molecule has 0 heteroatoms. The van der Waals surface area contributed by atoms with Crippen molar-refractivity contribution >= 4 is 0 Å². The van der Waals surface area contributed by atoms with E-state index in [0.717, 1.165) is 0 Å². The van der Waals surface area contributed by atoms with Crippen LogP contribution in [0.15, 0.2) is 24.3 Å². The summed E-state index contributed by atoms with van der Waals surface area (Å²) >= 11 is 0. The maximum absolute atomic E-state index is 3.93. The zero-order valence-corrected chi connectivity index (χ0v) is 6.86. The van der Waals surface area contributed by atoms with Gasteiger partial charge in [0.25, 0.3) is 0 Å². The van der Waals surface area contributed by atoms with Gasteiger partial charge in [-0.2, -0.15) is 0 Å². The molecule has 0 spiro atoms. The molecule has 0 bridgehead atoms. The number of hydrogen-bond donors (Lipinski definition) is 0. The van der Waals surface area contributed by atoms with Crippen LogP contribution in [-0.2, 0) is 0 Å². The highest BCUT2D eigenvalue weighted by Gasteiger charge is 2.10. The molecule has 0 saturated heterocycles. The standard InChI is InChI=1S/C9H16/c1-6-7-8(2)9(3,4)5/h6-7H,2H2,1,3-5H3. The second kappa shape index (κ2) is 2.86. The largest absolute Gasteiger partial charge is 0.0953 e. The minimum absolute atomic E-state index is 0.229. The van der Waals surface area contributed by atoms with E-state index in [1.54, 1.807) is 0 Å². The first-order valence-corrected chi connectivity index (χ1v) is 3.30. The van der Waals surface area contributed by atoms with E-state index in [-0.39, 0.29) is 5.41 Å². The Labute approximate surface area is 58.3 Å². The Balaban J connectivity index is 4.06. The van der Waals surface area contributed by atoms with Crippen LogP contribution < -0.4 is 0 Å². The molecule has 0 aromatic carbocycles. The Morgan fingerprint density at radius 1 is 1.33 bits per heavy atom. The van der Waals surface area contributed by atoms with Gasteiger partial charge in [0.15, 0.2) is 0 Å². The number of allylic oxidation sites excluding steroid dienone is 3. The van der Waals surface area contributed by atoms with Gasteiger partial charge in [-0.15, -0.1) is 0 Å². The average molecular weight is 124 g/mol. The predicted octanol–water partition coefficient (Wildman–Crippen LogP) is 3.16. The summed E-state index contributed by atoms with van der Waals surface area (Å²) in [5.41, 5.74) is 1.41. The Bertz CT molecular complexity index is 121. The quantitative estimate of drug-likeness (QED) is 0.471. The van der Waals surface area contributed by atoms with Crippen LogP contribution in [0.4, 0.5) is 0 Å². The molecule has 9 heavy (non-hydrogen) atoms. The summed E-state index contributed by atoms with van der Waals surface area (Å²) in [7, 11) is 0. The maximum Gasteiger partial charge on any atom is -0.0138 e. The van der Waals surface area contributed by atoms with Crippen LogP contribution in [0.25, 0.3) is 0 Å². The van der Waals surface area contributed by atoms with Crippen LogP contribution in [0.1, 0.15) is 27.7 Å². The normalized spacial score (nSPS) is 12.4. The molecule has 0 nitrogen and oxygen atoms in total. The van der Waals surface area contributed by atoms with Crippen LogP contribution in [0.3, 0.4) is 0 Å². The summed E-state index contributed by atoms with van der Waals surface area (Å²) in [6.07, 6.45) is 4.08. The minimum atomic E-state index is 0.229. The van der Waals surface area contributed by atoms with Crippen molar-refractivity contribution in [1.29, 1.82) is 0 Å². The molecule has 0 saturated carbocycles. The third kappa shape index (κ3) is 3.12. The highest BCUT2D eigenvalue weighted by atomic mass is 14.2. The van der Waals surface area contributed by atoms with Gasteiger partial charge in [0, 0.05) is 0 Å². The summed E-state index contributed by atoms with van der Waals surface area (Å²) in [5, 5.41) is 0. The predicted molar refractivity (Wildman–Crippen MR) is 43.4 cm³/mol. The molecular formula is C9H16. The van der Waals surface area contributed by atoms with Gasteiger partial charge in [0.05, 0.1) is 0 Å². The number of rotatable bonds is 1. The molecule has 0 aliphatic rings. The van der Waals surface area contributed by atoms with Gasteiger partial charge in [-0.05, 0) is 12.3 Å². The van der Waals surface area contributed by atoms with E-state index in [1.165, 1.54) is 5.57 Å². The first-order valence-electron chi connectivity index (χ1n) is 3.30. The molecule has 52 valence electrons. The fourth-order valence-corrected chi connectivity index (χ4v) is 0.451. The van der Waals surface area contributed by atoms with E-state index in [4.69, 9.17) is 0 Å². The van der Waals surface area contributed by atoms with Crippen LogP contribution in [0.2, 0.25) is 0 Å². The smallest absolute Gasteiger partial charge is 0.0138 e. The molecule has 0 rings (SSSR count). The van der Waals surface area contributed by atoms with Crippen molar-refractivity contribution in [3.63, 3.8) is 0 Å². The first-order chi connectivity index (χ1) is 3.98. The molecule has 0 amide bonds. The summed E-state index contributed by atoms with van der Waals surface area (Å²) < 4.78 is 0. The van der Waals surface area contributed by atoms with Crippen LogP contribution in [0.5, 0.6) is 0 Å². The molecular weight excluding hydrogens is 108 g/mol. The van der Waals surface area contributed by atoms with Gasteiger partial charge >= 0.3 is 0 Å². The van der Waals surface area contributed by atoms with Gasteiger partial charge in [-0.25, -0.2) is 0 Å². The second-order valence-corrected chi connectivity index (χ2v) is 3.28. The number of hydrogen-bond acceptors (Lipinski definition) is 0. The minimum Gasteiger partial charge on any atom is -0.0953 e. The van der Waals surface area contributed by atoms with E-state index >= 15 is 0 Å². The van der Waals surface area contributed by atoms with Crippen molar-refractivity contribution in [3.8, 4) is 0 Å². The average Bonchev–Trinajstić information content (AvgIpc) is 1.64. The molecule has 0 aromatic heterocycles. The Morgan fingerprint density at radius 2 is 1.78 bits per heavy atom. The molecule has 0 atom stereocenters. The molecule has 0 heterocycles. The van der Waals surface area contributed by atoms with E-state index in [0.29, 0.717) is 0 Å². The molecule has 0 aliphatic heterocycles. The van der Waals surface area contributed by atoms with Gasteiger partial charge in [-0.3, -0.25) is 0 Å². The van der Waals surface area contributed by atoms with E-state index in [2.05, 4.69) is 33.4 Å². The van der Waals surface area contributed by atoms with Crippen LogP contribution in [0, 0.1) is 5.41 Å². The van der Waals surface area contributed by atoms with Gasteiger partial charge in [0.1, 0.15) is 0 Å². The molecule has 0 aromatic rings. The van der Waals surface area contributed by atoms with Crippen molar-refractivity contribution in [3.05, 3.63) is 24.3 Å². The molecule has 0 N–H and O–H groups in total.